The molecule has 4 heteroatoms. The summed E-state index contributed by atoms with van der Waals surface area (Å²) in [5, 5.41) is 9.74. The summed E-state index contributed by atoms with van der Waals surface area (Å²) < 4.78 is 11.7. The molecule has 0 N–H and O–H groups in total. The maximum absolute atomic E-state index is 6.63. The average molecular weight is 809 g/mol. The molecule has 0 atom stereocenters. The summed E-state index contributed by atoms with van der Waals surface area (Å²) in [5.41, 5.74) is 13.2. The van der Waals surface area contributed by atoms with Crippen LogP contribution in [0.4, 0.5) is 17.1 Å². The van der Waals surface area contributed by atoms with Crippen molar-refractivity contribution in [1.29, 1.82) is 0 Å². The van der Waals surface area contributed by atoms with E-state index < -0.39 is 0 Å². The minimum Gasteiger partial charge on any atom is -0.455 e. The monoisotopic (exact) mass is 808 g/mol. The van der Waals surface area contributed by atoms with Crippen molar-refractivity contribution >= 4 is 103 Å². The normalized spacial score (nSPS) is 11.9. The molecule has 0 unspecified atom stereocenters. The van der Waals surface area contributed by atoms with E-state index in [1.54, 1.807) is 0 Å². The first kappa shape index (κ1) is 34.9. The number of benzene rings is 10. The molecule has 0 aliphatic rings. The zero-order valence-electron chi connectivity index (χ0n) is 33.5. The van der Waals surface area contributed by atoms with Gasteiger partial charge in [0.05, 0.1) is 11.0 Å². The van der Waals surface area contributed by atoms with Crippen LogP contribution in [0.25, 0.3) is 103 Å². The summed E-state index contributed by atoms with van der Waals surface area (Å²) in [6, 6.07) is 79.2. The Labute approximate surface area is 361 Å². The van der Waals surface area contributed by atoms with Crippen LogP contribution in [0, 0.1) is 0 Å². The van der Waals surface area contributed by atoms with E-state index in [1.165, 1.54) is 58.3 Å². The van der Waals surface area contributed by atoms with Crippen LogP contribution in [-0.4, -0.2) is 4.57 Å². The van der Waals surface area contributed by atoms with Gasteiger partial charge < -0.3 is 13.9 Å². The first-order chi connectivity index (χ1) is 30.7. The summed E-state index contributed by atoms with van der Waals surface area (Å²) >= 11 is 1.85. The SMILES string of the molecule is c1ccc(-c2cccc3c2oc2ccc(N(c4ccc(-c5ccc6c7ccc8ccccc8c7n(-c7ccccc7)c6c5)cc4)c4ccc5sc6ccccc6c5c4)cc23)cc1. The van der Waals surface area contributed by atoms with E-state index in [-0.39, 0.29) is 0 Å². The Balaban J connectivity index is 0.970. The first-order valence-electron chi connectivity index (χ1n) is 21.1. The topological polar surface area (TPSA) is 21.3 Å². The number of para-hydroxylation sites is 2. The minimum atomic E-state index is 0.873. The molecule has 62 heavy (non-hydrogen) atoms. The highest BCUT2D eigenvalue weighted by atomic mass is 32.1. The number of thiophene rings is 1. The van der Waals surface area contributed by atoms with E-state index in [0.717, 1.165) is 61.4 Å². The summed E-state index contributed by atoms with van der Waals surface area (Å²) in [4.78, 5) is 2.39. The van der Waals surface area contributed by atoms with Gasteiger partial charge in [0, 0.05) is 75.4 Å². The lowest BCUT2D eigenvalue weighted by atomic mass is 10.0. The highest BCUT2D eigenvalue weighted by Gasteiger charge is 2.20. The molecule has 0 bridgehead atoms. The Morgan fingerprint density at radius 1 is 0.387 bits per heavy atom. The molecule has 0 saturated carbocycles. The van der Waals surface area contributed by atoms with Crippen molar-refractivity contribution in [2.24, 2.45) is 0 Å². The number of nitrogens with zero attached hydrogens (tertiary/aromatic N) is 2. The Kier molecular flexibility index (Phi) is 7.78. The number of rotatable bonds is 6. The lowest BCUT2D eigenvalue weighted by Gasteiger charge is -2.26. The average Bonchev–Trinajstić information content (AvgIpc) is 4.02. The van der Waals surface area contributed by atoms with E-state index >= 15 is 0 Å². The van der Waals surface area contributed by atoms with Gasteiger partial charge >= 0.3 is 0 Å². The molecule has 3 aromatic heterocycles. The van der Waals surface area contributed by atoms with Gasteiger partial charge in [-0.15, -0.1) is 11.3 Å². The molecule has 290 valence electrons. The highest BCUT2D eigenvalue weighted by Crippen LogP contribution is 2.44. The Bertz CT molecular complexity index is 3860. The van der Waals surface area contributed by atoms with Gasteiger partial charge in [0.15, 0.2) is 0 Å². The standard InChI is InChI=1S/C58H36N2OS/c1-3-12-38(13-4-1)46-19-11-20-50-51-35-43(28-32-54(51)61-58(46)50)59(44-29-33-56-52(36-44)48-18-9-10-21-55(48)62-56)42-26-22-37(23-27-42)40-25-30-47-49-31-24-39-14-7-8-17-45(39)57(49)60(53(47)34-40)41-15-5-2-6-16-41/h1-36H. The molecule has 0 saturated heterocycles. The van der Waals surface area contributed by atoms with E-state index in [1.807, 2.05) is 11.3 Å². The smallest absolute Gasteiger partial charge is 0.143 e. The van der Waals surface area contributed by atoms with Crippen molar-refractivity contribution in [2.45, 2.75) is 0 Å². The molecule has 10 aromatic carbocycles. The number of furan rings is 1. The van der Waals surface area contributed by atoms with Gasteiger partial charge in [-0.2, -0.15) is 0 Å². The van der Waals surface area contributed by atoms with Crippen molar-refractivity contribution < 1.29 is 4.42 Å². The number of hydrogen-bond acceptors (Lipinski definition) is 3. The molecule has 0 aliphatic heterocycles. The molecule has 3 heterocycles. The van der Waals surface area contributed by atoms with E-state index in [0.29, 0.717) is 0 Å². The quantitative estimate of drug-likeness (QED) is 0.167. The molecule has 0 amide bonds. The maximum Gasteiger partial charge on any atom is 0.143 e. The molecule has 13 aromatic rings. The van der Waals surface area contributed by atoms with Crippen LogP contribution in [0.15, 0.2) is 223 Å². The maximum atomic E-state index is 6.63. The fraction of sp³-hybridized carbons (Fsp3) is 0. The number of anilines is 3. The Hall–Kier alpha value is -7.92. The van der Waals surface area contributed by atoms with Gasteiger partial charge in [0.25, 0.3) is 0 Å². The summed E-state index contributed by atoms with van der Waals surface area (Å²) in [5.74, 6) is 0. The van der Waals surface area contributed by atoms with Gasteiger partial charge in [-0.1, -0.05) is 146 Å². The highest BCUT2D eigenvalue weighted by molar-refractivity contribution is 7.25. The van der Waals surface area contributed by atoms with Crippen molar-refractivity contribution in [3.63, 3.8) is 0 Å². The molecule has 3 nitrogen and oxygen atoms in total. The number of fused-ring (bicyclic) bond motifs is 11. The molecular weight excluding hydrogens is 773 g/mol. The second-order valence-corrected chi connectivity index (χ2v) is 17.2. The number of aromatic nitrogens is 1. The summed E-state index contributed by atoms with van der Waals surface area (Å²) in [7, 11) is 0. The van der Waals surface area contributed by atoms with E-state index in [2.05, 4.69) is 228 Å². The Morgan fingerprint density at radius 3 is 1.90 bits per heavy atom. The molecule has 13 rings (SSSR count). The summed E-state index contributed by atoms with van der Waals surface area (Å²) in [6.45, 7) is 0. The largest absolute Gasteiger partial charge is 0.455 e. The summed E-state index contributed by atoms with van der Waals surface area (Å²) in [6.07, 6.45) is 0. The molecule has 0 aliphatic carbocycles. The predicted molar refractivity (Wildman–Crippen MR) is 264 cm³/mol. The third-order valence-electron chi connectivity index (χ3n) is 12.6. The van der Waals surface area contributed by atoms with Gasteiger partial charge in [-0.05, 0) is 94.9 Å². The third-order valence-corrected chi connectivity index (χ3v) is 13.7. The van der Waals surface area contributed by atoms with E-state index in [9.17, 15) is 0 Å². The van der Waals surface area contributed by atoms with Gasteiger partial charge in [-0.25, -0.2) is 0 Å². The fourth-order valence-corrected chi connectivity index (χ4v) is 10.8. The van der Waals surface area contributed by atoms with Gasteiger partial charge in [0.1, 0.15) is 11.2 Å². The number of hydrogen-bond donors (Lipinski definition) is 0. The minimum absolute atomic E-state index is 0.873. The first-order valence-corrected chi connectivity index (χ1v) is 21.9. The lowest BCUT2D eigenvalue weighted by Crippen LogP contribution is -2.09. The molecular formula is C58H36N2OS. The van der Waals surface area contributed by atoms with Crippen LogP contribution in [0.2, 0.25) is 0 Å². The zero-order chi connectivity index (χ0) is 40.7. The van der Waals surface area contributed by atoms with Crippen LogP contribution in [0.3, 0.4) is 0 Å². The van der Waals surface area contributed by atoms with Crippen LogP contribution in [-0.2, 0) is 0 Å². The molecule has 0 fully saturated rings. The zero-order valence-corrected chi connectivity index (χ0v) is 34.3. The lowest BCUT2D eigenvalue weighted by molar-refractivity contribution is 0.670. The van der Waals surface area contributed by atoms with Crippen molar-refractivity contribution in [2.75, 3.05) is 4.90 Å². The van der Waals surface area contributed by atoms with Crippen LogP contribution >= 0.6 is 11.3 Å². The van der Waals surface area contributed by atoms with Gasteiger partial charge in [-0.3, -0.25) is 0 Å². The second-order valence-electron chi connectivity index (χ2n) is 16.1. The van der Waals surface area contributed by atoms with Crippen molar-refractivity contribution in [3.05, 3.63) is 218 Å². The molecule has 0 spiro atoms. The Morgan fingerprint density at radius 2 is 1.05 bits per heavy atom. The van der Waals surface area contributed by atoms with Gasteiger partial charge in [0.2, 0.25) is 0 Å². The van der Waals surface area contributed by atoms with Crippen LogP contribution < -0.4 is 4.90 Å². The predicted octanol–water partition coefficient (Wildman–Crippen LogP) is 17.0. The van der Waals surface area contributed by atoms with Crippen LogP contribution in [0.1, 0.15) is 0 Å². The van der Waals surface area contributed by atoms with E-state index in [4.69, 9.17) is 4.42 Å². The fourth-order valence-electron chi connectivity index (χ4n) is 9.68. The molecule has 0 radical (unpaired) electrons. The second kappa shape index (κ2) is 13.8. The van der Waals surface area contributed by atoms with Crippen molar-refractivity contribution in [1.82, 2.24) is 4.57 Å². The third kappa shape index (κ3) is 5.44. The van der Waals surface area contributed by atoms with Crippen molar-refractivity contribution in [3.8, 4) is 27.9 Å². The van der Waals surface area contributed by atoms with Crippen LogP contribution in [0.5, 0.6) is 0 Å².